The van der Waals surface area contributed by atoms with Crippen molar-refractivity contribution >= 4 is 5.91 Å². The zero-order chi connectivity index (χ0) is 13.8. The molecule has 0 unspecified atom stereocenters. The Balaban J connectivity index is 1.41. The second-order valence-electron chi connectivity index (χ2n) is 6.79. The van der Waals surface area contributed by atoms with Crippen molar-refractivity contribution < 1.29 is 9.53 Å². The number of amides is 1. The van der Waals surface area contributed by atoms with Gasteiger partial charge in [-0.05, 0) is 51.6 Å². The zero-order valence-corrected chi connectivity index (χ0v) is 12.5. The van der Waals surface area contributed by atoms with E-state index in [0.717, 1.165) is 45.2 Å². The summed E-state index contributed by atoms with van der Waals surface area (Å²) in [6.07, 6.45) is 10.6. The second kappa shape index (κ2) is 6.44. The highest BCUT2D eigenvalue weighted by molar-refractivity contribution is 5.78. The Labute approximate surface area is 122 Å². The maximum absolute atomic E-state index is 12.1. The number of nitrogens with one attached hydrogen (secondary N) is 2. The molecular weight excluding hydrogens is 252 g/mol. The molecule has 4 heteroatoms. The average molecular weight is 280 g/mol. The highest BCUT2D eigenvalue weighted by Crippen LogP contribution is 2.37. The lowest BCUT2D eigenvalue weighted by Crippen LogP contribution is -2.43. The van der Waals surface area contributed by atoms with Crippen LogP contribution in [0.5, 0.6) is 0 Å². The van der Waals surface area contributed by atoms with Crippen molar-refractivity contribution in [1.82, 2.24) is 10.6 Å². The van der Waals surface area contributed by atoms with E-state index in [4.69, 9.17) is 4.74 Å². The molecule has 3 aliphatic rings. The highest BCUT2D eigenvalue weighted by atomic mass is 16.5. The SMILES string of the molecule is O=C(NC[C@H]1CCC2(CCNCC2)O1)C1CCCCC1. The van der Waals surface area contributed by atoms with Crippen LogP contribution in [0.15, 0.2) is 0 Å². The van der Waals surface area contributed by atoms with Gasteiger partial charge in [0.05, 0.1) is 11.7 Å². The summed E-state index contributed by atoms with van der Waals surface area (Å²) >= 11 is 0. The summed E-state index contributed by atoms with van der Waals surface area (Å²) in [4.78, 5) is 12.1. The Morgan fingerprint density at radius 2 is 1.85 bits per heavy atom. The fraction of sp³-hybridized carbons (Fsp3) is 0.938. The van der Waals surface area contributed by atoms with Crippen LogP contribution in [0, 0.1) is 5.92 Å². The first kappa shape index (κ1) is 14.3. The predicted molar refractivity (Wildman–Crippen MR) is 78.5 cm³/mol. The predicted octanol–water partition coefficient (Wildman–Crippen LogP) is 1.98. The molecule has 2 heterocycles. The van der Waals surface area contributed by atoms with Gasteiger partial charge in [0.25, 0.3) is 0 Å². The maximum Gasteiger partial charge on any atom is 0.223 e. The van der Waals surface area contributed by atoms with Crippen LogP contribution in [-0.2, 0) is 9.53 Å². The van der Waals surface area contributed by atoms with E-state index in [1.165, 1.54) is 25.7 Å². The minimum Gasteiger partial charge on any atom is -0.370 e. The van der Waals surface area contributed by atoms with Gasteiger partial charge in [-0.25, -0.2) is 0 Å². The summed E-state index contributed by atoms with van der Waals surface area (Å²) in [5.41, 5.74) is 0.117. The van der Waals surface area contributed by atoms with Crippen molar-refractivity contribution in [3.05, 3.63) is 0 Å². The third-order valence-electron chi connectivity index (χ3n) is 5.33. The number of hydrogen-bond acceptors (Lipinski definition) is 3. The Hall–Kier alpha value is -0.610. The van der Waals surface area contributed by atoms with Crippen LogP contribution < -0.4 is 10.6 Å². The molecule has 1 spiro atoms. The van der Waals surface area contributed by atoms with E-state index in [1.807, 2.05) is 0 Å². The quantitative estimate of drug-likeness (QED) is 0.831. The zero-order valence-electron chi connectivity index (χ0n) is 12.5. The van der Waals surface area contributed by atoms with Crippen molar-refractivity contribution in [1.29, 1.82) is 0 Å². The van der Waals surface area contributed by atoms with Crippen LogP contribution in [0.25, 0.3) is 0 Å². The molecule has 2 N–H and O–H groups in total. The molecule has 1 aliphatic carbocycles. The van der Waals surface area contributed by atoms with E-state index < -0.39 is 0 Å². The fourth-order valence-electron chi connectivity index (χ4n) is 4.01. The third-order valence-corrected chi connectivity index (χ3v) is 5.33. The normalized spacial score (nSPS) is 30.5. The molecule has 1 amide bonds. The average Bonchev–Trinajstić information content (AvgIpc) is 2.89. The van der Waals surface area contributed by atoms with Crippen LogP contribution in [0.3, 0.4) is 0 Å². The number of carbonyl (C=O) groups excluding carboxylic acids is 1. The summed E-state index contributed by atoms with van der Waals surface area (Å²) in [7, 11) is 0. The van der Waals surface area contributed by atoms with E-state index >= 15 is 0 Å². The molecule has 2 saturated heterocycles. The van der Waals surface area contributed by atoms with Crippen LogP contribution in [0.2, 0.25) is 0 Å². The number of piperidine rings is 1. The Bertz CT molecular complexity index is 333. The molecule has 1 saturated carbocycles. The summed E-state index contributed by atoms with van der Waals surface area (Å²) in [6, 6.07) is 0. The van der Waals surface area contributed by atoms with Crippen LogP contribution in [0.1, 0.15) is 57.8 Å². The molecule has 0 bridgehead atoms. The summed E-state index contributed by atoms with van der Waals surface area (Å²) < 4.78 is 6.27. The summed E-state index contributed by atoms with van der Waals surface area (Å²) in [6.45, 7) is 2.85. The van der Waals surface area contributed by atoms with E-state index in [9.17, 15) is 4.79 Å². The van der Waals surface area contributed by atoms with E-state index in [0.29, 0.717) is 6.54 Å². The first-order valence-electron chi connectivity index (χ1n) is 8.44. The summed E-state index contributed by atoms with van der Waals surface area (Å²) in [5, 5.41) is 6.53. The molecule has 20 heavy (non-hydrogen) atoms. The number of rotatable bonds is 3. The lowest BCUT2D eigenvalue weighted by molar-refractivity contribution is -0.127. The number of hydrogen-bond donors (Lipinski definition) is 2. The molecule has 2 aliphatic heterocycles. The fourth-order valence-corrected chi connectivity index (χ4v) is 4.01. The molecular formula is C16H28N2O2. The van der Waals surface area contributed by atoms with Gasteiger partial charge in [-0.3, -0.25) is 4.79 Å². The summed E-state index contributed by atoms with van der Waals surface area (Å²) in [5.74, 6) is 0.526. The lowest BCUT2D eigenvalue weighted by atomic mass is 9.88. The molecule has 0 aromatic carbocycles. The van der Waals surface area contributed by atoms with E-state index in [2.05, 4.69) is 10.6 Å². The van der Waals surface area contributed by atoms with Gasteiger partial charge in [0.1, 0.15) is 0 Å². The minimum absolute atomic E-state index is 0.117. The first-order valence-corrected chi connectivity index (χ1v) is 8.44. The molecule has 4 nitrogen and oxygen atoms in total. The number of ether oxygens (including phenoxy) is 1. The van der Waals surface area contributed by atoms with Gasteiger partial charge in [-0.2, -0.15) is 0 Å². The van der Waals surface area contributed by atoms with Crippen molar-refractivity contribution in [2.45, 2.75) is 69.5 Å². The lowest BCUT2D eigenvalue weighted by Gasteiger charge is -2.34. The largest absolute Gasteiger partial charge is 0.370 e. The molecule has 0 radical (unpaired) electrons. The van der Waals surface area contributed by atoms with E-state index in [-0.39, 0.29) is 23.5 Å². The van der Waals surface area contributed by atoms with Gasteiger partial charge < -0.3 is 15.4 Å². The van der Waals surface area contributed by atoms with Gasteiger partial charge in [0.15, 0.2) is 0 Å². The molecule has 0 aromatic heterocycles. The van der Waals surface area contributed by atoms with Crippen molar-refractivity contribution in [2.24, 2.45) is 5.92 Å². The van der Waals surface area contributed by atoms with Crippen LogP contribution in [-0.4, -0.2) is 37.2 Å². The molecule has 3 fully saturated rings. The maximum atomic E-state index is 12.1. The van der Waals surface area contributed by atoms with Gasteiger partial charge in [0, 0.05) is 12.5 Å². The Morgan fingerprint density at radius 3 is 2.60 bits per heavy atom. The number of carbonyl (C=O) groups is 1. The topological polar surface area (TPSA) is 50.4 Å². The second-order valence-corrected chi connectivity index (χ2v) is 6.79. The molecule has 3 rings (SSSR count). The van der Waals surface area contributed by atoms with Gasteiger partial charge in [-0.15, -0.1) is 0 Å². The molecule has 1 atom stereocenters. The monoisotopic (exact) mass is 280 g/mol. The highest BCUT2D eigenvalue weighted by Gasteiger charge is 2.40. The van der Waals surface area contributed by atoms with Crippen molar-refractivity contribution in [3.8, 4) is 0 Å². The van der Waals surface area contributed by atoms with Gasteiger partial charge in [0.2, 0.25) is 5.91 Å². The Kier molecular flexibility index (Phi) is 4.61. The van der Waals surface area contributed by atoms with Crippen molar-refractivity contribution in [3.63, 3.8) is 0 Å². The van der Waals surface area contributed by atoms with Crippen molar-refractivity contribution in [2.75, 3.05) is 19.6 Å². The molecule has 114 valence electrons. The van der Waals surface area contributed by atoms with E-state index in [1.54, 1.807) is 0 Å². The standard InChI is InChI=1S/C16H28N2O2/c19-15(13-4-2-1-3-5-13)18-12-14-6-7-16(20-14)8-10-17-11-9-16/h13-14,17H,1-12H2,(H,18,19)/t14-/m1/s1. The smallest absolute Gasteiger partial charge is 0.223 e. The first-order chi connectivity index (χ1) is 9.77. The van der Waals surface area contributed by atoms with Crippen LogP contribution in [0.4, 0.5) is 0 Å². The van der Waals surface area contributed by atoms with Gasteiger partial charge in [-0.1, -0.05) is 19.3 Å². The third kappa shape index (κ3) is 3.34. The minimum atomic E-state index is 0.117. The Morgan fingerprint density at radius 1 is 1.10 bits per heavy atom. The molecule has 0 aromatic rings. The van der Waals surface area contributed by atoms with Gasteiger partial charge >= 0.3 is 0 Å². The van der Waals surface area contributed by atoms with Crippen LogP contribution >= 0.6 is 0 Å².